The molecule has 1 aromatic heterocycles. The number of aromatic nitrogens is 3. The molecule has 1 amide bonds. The second kappa shape index (κ2) is 9.24. The molecule has 0 bridgehead atoms. The van der Waals surface area contributed by atoms with E-state index in [4.69, 9.17) is 4.74 Å². The lowest BCUT2D eigenvalue weighted by atomic mass is 10.2. The summed E-state index contributed by atoms with van der Waals surface area (Å²) >= 11 is 0. The van der Waals surface area contributed by atoms with Gasteiger partial charge in [-0.25, -0.2) is 0 Å². The third kappa shape index (κ3) is 5.82. The quantitative estimate of drug-likeness (QED) is 0.781. The van der Waals surface area contributed by atoms with E-state index in [-0.39, 0.29) is 11.9 Å². The molecule has 134 valence electrons. The number of carbonyl (C=O) groups excluding carboxylic acids is 1. The van der Waals surface area contributed by atoms with Gasteiger partial charge in [0.25, 0.3) is 0 Å². The van der Waals surface area contributed by atoms with Crippen molar-refractivity contribution in [2.45, 2.75) is 52.0 Å². The van der Waals surface area contributed by atoms with Crippen LogP contribution < -0.4 is 20.3 Å². The number of anilines is 2. The van der Waals surface area contributed by atoms with Crippen molar-refractivity contribution in [3.8, 4) is 6.01 Å². The molecule has 2 heterocycles. The van der Waals surface area contributed by atoms with Crippen molar-refractivity contribution >= 4 is 17.8 Å². The van der Waals surface area contributed by atoms with Crippen LogP contribution in [0.2, 0.25) is 0 Å². The van der Waals surface area contributed by atoms with Gasteiger partial charge in [-0.15, -0.1) is 0 Å². The number of rotatable bonds is 7. The molecule has 8 nitrogen and oxygen atoms in total. The number of hydrogen-bond donors (Lipinski definition) is 2. The highest BCUT2D eigenvalue weighted by Gasteiger charge is 2.16. The summed E-state index contributed by atoms with van der Waals surface area (Å²) in [5.74, 6) is 1.09. The van der Waals surface area contributed by atoms with Crippen LogP contribution in [0.15, 0.2) is 0 Å². The van der Waals surface area contributed by atoms with Crippen molar-refractivity contribution in [1.82, 2.24) is 20.3 Å². The fourth-order valence-corrected chi connectivity index (χ4v) is 2.61. The Morgan fingerprint density at radius 2 is 1.88 bits per heavy atom. The highest BCUT2D eigenvalue weighted by molar-refractivity contribution is 5.76. The fraction of sp³-hybridized carbons (Fsp3) is 0.750. The van der Waals surface area contributed by atoms with Crippen LogP contribution in [0.5, 0.6) is 6.01 Å². The molecule has 1 fully saturated rings. The molecule has 0 atom stereocenters. The van der Waals surface area contributed by atoms with Gasteiger partial charge in [0.1, 0.15) is 0 Å². The van der Waals surface area contributed by atoms with Gasteiger partial charge in [-0.3, -0.25) is 4.79 Å². The lowest BCUT2D eigenvalue weighted by molar-refractivity contribution is -0.121. The second-order valence-electron chi connectivity index (χ2n) is 6.25. The standard InChI is InChI=1S/C16H28N6O2/c1-12(2)18-13(23)8-9-17-14-19-15(21-16(20-14)24-3)22-10-6-4-5-7-11-22/h12H,4-11H2,1-3H3,(H,18,23)(H,17,19,20,21). The van der Waals surface area contributed by atoms with E-state index in [1.807, 2.05) is 13.8 Å². The predicted octanol–water partition coefficient (Wildman–Crippen LogP) is 1.59. The maximum Gasteiger partial charge on any atom is 0.322 e. The number of methoxy groups -OCH3 is 1. The lowest BCUT2D eigenvalue weighted by Crippen LogP contribution is -2.31. The number of carbonyl (C=O) groups is 1. The number of hydrogen-bond acceptors (Lipinski definition) is 7. The molecule has 0 saturated carbocycles. The van der Waals surface area contributed by atoms with Gasteiger partial charge in [0.2, 0.25) is 17.8 Å². The normalized spacial score (nSPS) is 15.1. The third-order valence-corrected chi connectivity index (χ3v) is 3.76. The van der Waals surface area contributed by atoms with Crippen LogP contribution in [0, 0.1) is 0 Å². The topological polar surface area (TPSA) is 92.3 Å². The van der Waals surface area contributed by atoms with Gasteiger partial charge in [-0.1, -0.05) is 12.8 Å². The average Bonchev–Trinajstić information content (AvgIpc) is 2.83. The number of ether oxygens (including phenoxy) is 1. The van der Waals surface area contributed by atoms with Gasteiger partial charge >= 0.3 is 6.01 Å². The van der Waals surface area contributed by atoms with Crippen LogP contribution in [0.1, 0.15) is 46.0 Å². The lowest BCUT2D eigenvalue weighted by Gasteiger charge is -2.20. The molecule has 0 unspecified atom stereocenters. The predicted molar refractivity (Wildman–Crippen MR) is 93.4 cm³/mol. The maximum absolute atomic E-state index is 11.7. The van der Waals surface area contributed by atoms with Gasteiger partial charge in [0, 0.05) is 32.1 Å². The van der Waals surface area contributed by atoms with E-state index in [2.05, 4.69) is 30.5 Å². The molecule has 24 heavy (non-hydrogen) atoms. The first-order valence-electron chi connectivity index (χ1n) is 8.66. The molecule has 2 rings (SSSR count). The summed E-state index contributed by atoms with van der Waals surface area (Å²) in [5, 5.41) is 5.95. The zero-order chi connectivity index (χ0) is 17.4. The molecule has 8 heteroatoms. The van der Waals surface area contributed by atoms with E-state index in [0.717, 1.165) is 25.9 Å². The monoisotopic (exact) mass is 336 g/mol. The van der Waals surface area contributed by atoms with Gasteiger partial charge in [-0.2, -0.15) is 15.0 Å². The Bertz CT molecular complexity index is 529. The van der Waals surface area contributed by atoms with Crippen molar-refractivity contribution in [3.63, 3.8) is 0 Å². The molecule has 1 aliphatic heterocycles. The summed E-state index contributed by atoms with van der Waals surface area (Å²) in [6.07, 6.45) is 5.15. The Labute approximate surface area is 143 Å². The van der Waals surface area contributed by atoms with E-state index in [9.17, 15) is 4.79 Å². The van der Waals surface area contributed by atoms with E-state index in [1.165, 1.54) is 12.8 Å². The summed E-state index contributed by atoms with van der Waals surface area (Å²) in [6, 6.07) is 0.433. The van der Waals surface area contributed by atoms with Crippen molar-refractivity contribution in [2.75, 3.05) is 37.0 Å². The van der Waals surface area contributed by atoms with Crippen molar-refractivity contribution < 1.29 is 9.53 Å². The summed E-state index contributed by atoms with van der Waals surface area (Å²) in [5.41, 5.74) is 0. The van der Waals surface area contributed by atoms with Crippen LogP contribution in [0.3, 0.4) is 0 Å². The van der Waals surface area contributed by atoms with Gasteiger partial charge in [0.15, 0.2) is 0 Å². The number of nitrogens with one attached hydrogen (secondary N) is 2. The molecule has 2 N–H and O–H groups in total. The van der Waals surface area contributed by atoms with Crippen LogP contribution in [0.4, 0.5) is 11.9 Å². The summed E-state index contributed by atoms with van der Waals surface area (Å²) in [7, 11) is 1.54. The first-order valence-corrected chi connectivity index (χ1v) is 8.66. The zero-order valence-corrected chi connectivity index (χ0v) is 14.8. The molecule has 0 aliphatic carbocycles. The minimum Gasteiger partial charge on any atom is -0.467 e. The highest BCUT2D eigenvalue weighted by Crippen LogP contribution is 2.19. The Hall–Kier alpha value is -2.12. The minimum atomic E-state index is 0.00580. The average molecular weight is 336 g/mol. The van der Waals surface area contributed by atoms with Crippen LogP contribution in [0.25, 0.3) is 0 Å². The van der Waals surface area contributed by atoms with Crippen molar-refractivity contribution in [3.05, 3.63) is 0 Å². The summed E-state index contributed by atoms with van der Waals surface area (Å²) in [4.78, 5) is 26.9. The maximum atomic E-state index is 11.7. The molecule has 1 aliphatic rings. The molecule has 1 saturated heterocycles. The smallest absolute Gasteiger partial charge is 0.322 e. The van der Waals surface area contributed by atoms with Crippen molar-refractivity contribution in [2.24, 2.45) is 0 Å². The number of amides is 1. The second-order valence-corrected chi connectivity index (χ2v) is 6.25. The first kappa shape index (κ1) is 18.2. The Morgan fingerprint density at radius 3 is 2.50 bits per heavy atom. The van der Waals surface area contributed by atoms with Crippen LogP contribution in [-0.4, -0.2) is 53.6 Å². The van der Waals surface area contributed by atoms with Crippen molar-refractivity contribution in [1.29, 1.82) is 0 Å². The van der Waals surface area contributed by atoms with Crippen LogP contribution >= 0.6 is 0 Å². The Morgan fingerprint density at radius 1 is 1.17 bits per heavy atom. The molecule has 0 radical (unpaired) electrons. The van der Waals surface area contributed by atoms with E-state index >= 15 is 0 Å². The molecule has 0 spiro atoms. The van der Waals surface area contributed by atoms with Gasteiger partial charge in [0.05, 0.1) is 7.11 Å². The molecule has 0 aromatic carbocycles. The van der Waals surface area contributed by atoms with E-state index < -0.39 is 0 Å². The van der Waals surface area contributed by atoms with E-state index in [0.29, 0.717) is 30.9 Å². The summed E-state index contributed by atoms with van der Waals surface area (Å²) in [6.45, 7) is 6.24. The van der Waals surface area contributed by atoms with Crippen LogP contribution in [-0.2, 0) is 4.79 Å². The highest BCUT2D eigenvalue weighted by atomic mass is 16.5. The Kier molecular flexibility index (Phi) is 7.02. The Balaban J connectivity index is 1.98. The van der Waals surface area contributed by atoms with Gasteiger partial charge in [-0.05, 0) is 26.7 Å². The largest absolute Gasteiger partial charge is 0.467 e. The molecule has 1 aromatic rings. The number of nitrogens with zero attached hydrogens (tertiary/aromatic N) is 4. The summed E-state index contributed by atoms with van der Waals surface area (Å²) < 4.78 is 5.19. The third-order valence-electron chi connectivity index (χ3n) is 3.76. The molecular formula is C16H28N6O2. The first-order chi connectivity index (χ1) is 11.6. The fourth-order valence-electron chi connectivity index (χ4n) is 2.61. The van der Waals surface area contributed by atoms with E-state index in [1.54, 1.807) is 7.11 Å². The molecular weight excluding hydrogens is 308 g/mol. The SMILES string of the molecule is COc1nc(NCCC(=O)NC(C)C)nc(N2CCCCCC2)n1. The zero-order valence-electron chi connectivity index (χ0n) is 14.8. The van der Waals surface area contributed by atoms with Gasteiger partial charge < -0.3 is 20.3 Å². The minimum absolute atomic E-state index is 0.00580.